The van der Waals surface area contributed by atoms with Gasteiger partial charge in [-0.2, -0.15) is 0 Å². The normalized spacial score (nSPS) is 17.8. The molecule has 1 aliphatic heterocycles. The molecule has 0 spiro atoms. The van der Waals surface area contributed by atoms with E-state index in [0.29, 0.717) is 18.5 Å². The smallest absolute Gasteiger partial charge is 0.238 e. The van der Waals surface area contributed by atoms with Gasteiger partial charge in [0.1, 0.15) is 0 Å². The van der Waals surface area contributed by atoms with Crippen LogP contribution < -0.4 is 5.32 Å². The van der Waals surface area contributed by atoms with E-state index in [1.54, 1.807) is 0 Å². The van der Waals surface area contributed by atoms with Crippen LogP contribution in [0.3, 0.4) is 0 Å². The Morgan fingerprint density at radius 3 is 2.92 bits per heavy atom. The lowest BCUT2D eigenvalue weighted by Gasteiger charge is -2.33. The minimum Gasteiger partial charge on any atom is -0.324 e. The van der Waals surface area contributed by atoms with Crippen molar-refractivity contribution in [2.45, 2.75) is 46.1 Å². The van der Waals surface area contributed by atoms with E-state index in [2.05, 4.69) is 67.6 Å². The summed E-state index contributed by atoms with van der Waals surface area (Å²) in [5.74, 6) is 0.471. The summed E-state index contributed by atoms with van der Waals surface area (Å²) in [6, 6.07) is 8.74. The molecular formula is C20H26N2OS. The van der Waals surface area contributed by atoms with E-state index in [9.17, 15) is 4.79 Å². The number of fused-ring (bicyclic) bond motifs is 1. The Bertz CT molecular complexity index is 735. The number of para-hydroxylation sites is 1. The molecule has 0 fully saturated rings. The first-order valence-electron chi connectivity index (χ1n) is 8.67. The van der Waals surface area contributed by atoms with Crippen LogP contribution in [-0.4, -0.2) is 23.9 Å². The average Bonchev–Trinajstić information content (AvgIpc) is 3.01. The van der Waals surface area contributed by atoms with Gasteiger partial charge in [-0.15, -0.1) is 11.3 Å². The number of rotatable bonds is 4. The fourth-order valence-electron chi connectivity index (χ4n) is 3.48. The molecule has 1 N–H and O–H groups in total. The van der Waals surface area contributed by atoms with Crippen LogP contribution >= 0.6 is 11.3 Å². The average molecular weight is 343 g/mol. The van der Waals surface area contributed by atoms with Gasteiger partial charge in [0.05, 0.1) is 6.54 Å². The Kier molecular flexibility index (Phi) is 5.07. The minimum atomic E-state index is 0.0803. The van der Waals surface area contributed by atoms with E-state index in [1.807, 2.05) is 11.3 Å². The summed E-state index contributed by atoms with van der Waals surface area (Å²) in [6.45, 7) is 9.98. The van der Waals surface area contributed by atoms with Crippen molar-refractivity contribution >= 4 is 22.9 Å². The van der Waals surface area contributed by atoms with Gasteiger partial charge in [0.2, 0.25) is 5.91 Å². The molecule has 3 nitrogen and oxygen atoms in total. The lowest BCUT2D eigenvalue weighted by atomic mass is 9.98. The number of carbonyl (C=O) groups is 1. The number of carbonyl (C=O) groups excluding carboxylic acids is 1. The minimum absolute atomic E-state index is 0.0803. The molecular weight excluding hydrogens is 316 g/mol. The molecule has 2 aromatic rings. The van der Waals surface area contributed by atoms with Gasteiger partial charge in [0.15, 0.2) is 0 Å². The third-order valence-corrected chi connectivity index (χ3v) is 5.94. The number of aryl methyl sites for hydroxylation is 1. The molecule has 1 aliphatic rings. The summed E-state index contributed by atoms with van der Waals surface area (Å²) in [4.78, 5) is 16.4. The van der Waals surface area contributed by atoms with Crippen LogP contribution in [0, 0.1) is 6.92 Å². The van der Waals surface area contributed by atoms with Gasteiger partial charge >= 0.3 is 0 Å². The summed E-state index contributed by atoms with van der Waals surface area (Å²) in [5, 5.41) is 5.33. The van der Waals surface area contributed by atoms with Crippen molar-refractivity contribution in [1.29, 1.82) is 0 Å². The van der Waals surface area contributed by atoms with Crippen LogP contribution in [0.15, 0.2) is 29.6 Å². The van der Waals surface area contributed by atoms with Crippen molar-refractivity contribution in [2.75, 3.05) is 18.4 Å². The highest BCUT2D eigenvalue weighted by Crippen LogP contribution is 2.33. The van der Waals surface area contributed by atoms with Gasteiger partial charge in [-0.3, -0.25) is 9.69 Å². The number of amides is 1. The van der Waals surface area contributed by atoms with E-state index in [-0.39, 0.29) is 5.91 Å². The van der Waals surface area contributed by atoms with Crippen LogP contribution in [0.5, 0.6) is 0 Å². The molecule has 0 saturated carbocycles. The zero-order valence-corrected chi connectivity index (χ0v) is 15.7. The second-order valence-corrected chi connectivity index (χ2v) is 7.94. The Balaban J connectivity index is 1.71. The van der Waals surface area contributed by atoms with E-state index in [1.165, 1.54) is 16.0 Å². The Labute approximate surface area is 148 Å². The zero-order valence-electron chi connectivity index (χ0n) is 14.9. The topological polar surface area (TPSA) is 32.3 Å². The molecule has 4 heteroatoms. The molecule has 1 atom stereocenters. The summed E-state index contributed by atoms with van der Waals surface area (Å²) < 4.78 is 0. The van der Waals surface area contributed by atoms with E-state index >= 15 is 0 Å². The van der Waals surface area contributed by atoms with E-state index in [4.69, 9.17) is 0 Å². The molecule has 3 rings (SSSR count). The molecule has 0 radical (unpaired) electrons. The van der Waals surface area contributed by atoms with Crippen LogP contribution in [0.1, 0.15) is 54.3 Å². The highest BCUT2D eigenvalue weighted by Gasteiger charge is 2.26. The molecule has 0 saturated heterocycles. The highest BCUT2D eigenvalue weighted by molar-refractivity contribution is 7.10. The lowest BCUT2D eigenvalue weighted by Crippen LogP contribution is -2.39. The van der Waals surface area contributed by atoms with Gasteiger partial charge in [-0.05, 0) is 54.3 Å². The van der Waals surface area contributed by atoms with Gasteiger partial charge < -0.3 is 5.32 Å². The Hall–Kier alpha value is -1.65. The summed E-state index contributed by atoms with van der Waals surface area (Å²) >= 11 is 1.83. The number of hydrogen-bond donors (Lipinski definition) is 1. The summed E-state index contributed by atoms with van der Waals surface area (Å²) in [5.41, 5.74) is 4.70. The summed E-state index contributed by atoms with van der Waals surface area (Å²) in [6.07, 6.45) is 1.05. The molecule has 1 aromatic heterocycles. The number of anilines is 1. The number of nitrogens with one attached hydrogen (secondary N) is 1. The molecule has 1 aromatic carbocycles. The fourth-order valence-corrected chi connectivity index (χ4v) is 4.45. The van der Waals surface area contributed by atoms with Gasteiger partial charge in [-0.1, -0.05) is 32.0 Å². The van der Waals surface area contributed by atoms with Crippen molar-refractivity contribution in [3.8, 4) is 0 Å². The third-order valence-electron chi connectivity index (χ3n) is 4.94. The maximum absolute atomic E-state index is 12.7. The van der Waals surface area contributed by atoms with Crippen LogP contribution in [0.2, 0.25) is 0 Å². The number of benzene rings is 1. The standard InChI is InChI=1S/C20H26N2OS/c1-13(2)16-7-5-6-14(3)20(16)21-19(23)12-22-10-8-18-17(15(22)4)9-11-24-18/h5-7,9,11,13,15H,8,10,12H2,1-4H3,(H,21,23)/t15-/m0/s1. The van der Waals surface area contributed by atoms with Gasteiger partial charge in [0, 0.05) is 23.2 Å². The molecule has 128 valence electrons. The van der Waals surface area contributed by atoms with Crippen molar-refractivity contribution in [2.24, 2.45) is 0 Å². The van der Waals surface area contributed by atoms with Gasteiger partial charge in [0.25, 0.3) is 0 Å². The predicted molar refractivity (Wildman–Crippen MR) is 102 cm³/mol. The third kappa shape index (κ3) is 3.40. The zero-order chi connectivity index (χ0) is 17.3. The maximum Gasteiger partial charge on any atom is 0.238 e. The van der Waals surface area contributed by atoms with Gasteiger partial charge in [-0.25, -0.2) is 0 Å². The molecule has 0 aliphatic carbocycles. The molecule has 0 unspecified atom stereocenters. The molecule has 2 heterocycles. The lowest BCUT2D eigenvalue weighted by molar-refractivity contribution is -0.117. The second-order valence-electron chi connectivity index (χ2n) is 6.94. The molecule has 1 amide bonds. The van der Waals surface area contributed by atoms with Crippen LogP contribution in [-0.2, 0) is 11.2 Å². The van der Waals surface area contributed by atoms with E-state index < -0.39 is 0 Å². The molecule has 24 heavy (non-hydrogen) atoms. The largest absolute Gasteiger partial charge is 0.324 e. The van der Waals surface area contributed by atoms with Crippen molar-refractivity contribution in [3.63, 3.8) is 0 Å². The van der Waals surface area contributed by atoms with Crippen LogP contribution in [0.4, 0.5) is 5.69 Å². The quantitative estimate of drug-likeness (QED) is 0.870. The number of nitrogens with zero attached hydrogens (tertiary/aromatic N) is 1. The fraction of sp³-hybridized carbons (Fsp3) is 0.450. The first-order chi connectivity index (χ1) is 11.5. The first-order valence-corrected chi connectivity index (χ1v) is 9.55. The van der Waals surface area contributed by atoms with Crippen LogP contribution in [0.25, 0.3) is 0 Å². The maximum atomic E-state index is 12.7. The Morgan fingerprint density at radius 2 is 2.17 bits per heavy atom. The Morgan fingerprint density at radius 1 is 1.38 bits per heavy atom. The summed E-state index contributed by atoms with van der Waals surface area (Å²) in [7, 11) is 0. The monoisotopic (exact) mass is 342 g/mol. The van der Waals surface area contributed by atoms with Crippen molar-refractivity contribution < 1.29 is 4.79 Å². The second kappa shape index (κ2) is 7.08. The first kappa shape index (κ1) is 17.2. The van der Waals surface area contributed by atoms with Crippen molar-refractivity contribution in [1.82, 2.24) is 4.90 Å². The highest BCUT2D eigenvalue weighted by atomic mass is 32.1. The SMILES string of the molecule is Cc1cccc(C(C)C)c1NC(=O)CN1CCc2sccc2[C@@H]1C. The van der Waals surface area contributed by atoms with Crippen molar-refractivity contribution in [3.05, 3.63) is 51.2 Å². The molecule has 0 bridgehead atoms. The number of hydrogen-bond acceptors (Lipinski definition) is 3. The predicted octanol–water partition coefficient (Wildman–Crippen LogP) is 4.74. The van der Waals surface area contributed by atoms with E-state index in [0.717, 1.165) is 24.2 Å². The number of thiophene rings is 1.